The molecule has 0 radical (unpaired) electrons. The average molecular weight is 256 g/mol. The van der Waals surface area contributed by atoms with Gasteiger partial charge in [0.1, 0.15) is 11.6 Å². The van der Waals surface area contributed by atoms with E-state index in [0.29, 0.717) is 12.2 Å². The Morgan fingerprint density at radius 2 is 2.18 bits per heavy atom. The normalized spacial score (nSPS) is 22.5. The molecular formula is C9H12N4O3S. The van der Waals surface area contributed by atoms with Gasteiger partial charge in [-0.25, -0.2) is 18.4 Å². The number of nitrogen functional groups attached to an aromatic ring is 1. The zero-order valence-electron chi connectivity index (χ0n) is 8.96. The molecule has 1 aliphatic heterocycles. The highest BCUT2D eigenvalue weighted by molar-refractivity contribution is 7.91. The maximum absolute atomic E-state index is 11.3. The number of rotatable bonds is 2. The molecule has 1 aromatic heterocycles. The lowest BCUT2D eigenvalue weighted by Crippen LogP contribution is -2.17. The summed E-state index contributed by atoms with van der Waals surface area (Å²) in [6, 6.07) is 0. The Balaban J connectivity index is 2.30. The van der Waals surface area contributed by atoms with Gasteiger partial charge >= 0.3 is 0 Å². The first-order valence-corrected chi connectivity index (χ1v) is 6.84. The summed E-state index contributed by atoms with van der Waals surface area (Å²) in [5.74, 6) is -0.432. The number of aromatic nitrogens is 2. The number of sulfone groups is 1. The second-order valence-corrected chi connectivity index (χ2v) is 6.22. The van der Waals surface area contributed by atoms with Crippen LogP contribution in [0.5, 0.6) is 0 Å². The molecule has 0 bridgehead atoms. The van der Waals surface area contributed by atoms with Crippen LogP contribution in [0.1, 0.15) is 28.5 Å². The zero-order chi connectivity index (χ0) is 12.6. The molecule has 1 atom stereocenters. The largest absolute Gasteiger partial charge is 0.383 e. The Morgan fingerprint density at radius 1 is 1.47 bits per heavy atom. The topological polar surface area (TPSA) is 129 Å². The van der Waals surface area contributed by atoms with E-state index in [4.69, 9.17) is 11.5 Å². The van der Waals surface area contributed by atoms with Gasteiger partial charge in [-0.05, 0) is 6.42 Å². The molecule has 7 nitrogen and oxygen atoms in total. The highest BCUT2D eigenvalue weighted by atomic mass is 32.2. The fourth-order valence-electron chi connectivity index (χ4n) is 1.79. The molecule has 2 heterocycles. The number of nitrogens with zero attached hydrogens (tertiary/aromatic N) is 2. The van der Waals surface area contributed by atoms with Crippen molar-refractivity contribution in [1.82, 2.24) is 9.97 Å². The molecule has 8 heteroatoms. The molecule has 1 saturated heterocycles. The van der Waals surface area contributed by atoms with Gasteiger partial charge in [-0.2, -0.15) is 0 Å². The first kappa shape index (κ1) is 11.8. The van der Waals surface area contributed by atoms with Crippen molar-refractivity contribution in [2.45, 2.75) is 12.3 Å². The SMILES string of the molecule is NC(=O)c1cnc(C2CCS(=O)(=O)C2)nc1N. The lowest BCUT2D eigenvalue weighted by Gasteiger charge is -2.07. The van der Waals surface area contributed by atoms with Crippen LogP contribution in [0.25, 0.3) is 0 Å². The monoisotopic (exact) mass is 256 g/mol. The van der Waals surface area contributed by atoms with Crippen LogP contribution in [0.3, 0.4) is 0 Å². The summed E-state index contributed by atoms with van der Waals surface area (Å²) in [6.07, 6.45) is 1.72. The summed E-state index contributed by atoms with van der Waals surface area (Å²) >= 11 is 0. The van der Waals surface area contributed by atoms with E-state index in [9.17, 15) is 13.2 Å². The smallest absolute Gasteiger partial charge is 0.254 e. The molecule has 1 aromatic rings. The number of anilines is 1. The van der Waals surface area contributed by atoms with Crippen molar-refractivity contribution in [1.29, 1.82) is 0 Å². The van der Waals surface area contributed by atoms with E-state index in [1.165, 1.54) is 6.20 Å². The summed E-state index contributed by atoms with van der Waals surface area (Å²) in [5, 5.41) is 0. The Labute approximate surface area is 98.2 Å². The third-order valence-electron chi connectivity index (χ3n) is 2.70. The molecule has 0 saturated carbocycles. The van der Waals surface area contributed by atoms with Crippen molar-refractivity contribution in [3.63, 3.8) is 0 Å². The standard InChI is InChI=1S/C9H12N4O3S/c10-7-6(8(11)14)3-12-9(13-7)5-1-2-17(15,16)4-5/h3,5H,1-2,4H2,(H2,11,14)(H2,10,12,13). The van der Waals surface area contributed by atoms with Crippen molar-refractivity contribution in [2.24, 2.45) is 5.73 Å². The molecule has 1 aliphatic rings. The lowest BCUT2D eigenvalue weighted by molar-refractivity contribution is 0.100. The molecule has 4 N–H and O–H groups in total. The molecule has 2 rings (SSSR count). The maximum atomic E-state index is 11.3. The van der Waals surface area contributed by atoms with Crippen molar-refractivity contribution in [3.05, 3.63) is 17.6 Å². The molecule has 17 heavy (non-hydrogen) atoms. The van der Waals surface area contributed by atoms with E-state index in [1.807, 2.05) is 0 Å². The van der Waals surface area contributed by atoms with Gasteiger partial charge in [0, 0.05) is 12.1 Å². The first-order chi connectivity index (χ1) is 7.89. The van der Waals surface area contributed by atoms with Crippen LogP contribution in [-0.4, -0.2) is 35.8 Å². The third kappa shape index (κ3) is 2.36. The van der Waals surface area contributed by atoms with Gasteiger partial charge in [0.15, 0.2) is 9.84 Å². The molecule has 0 aromatic carbocycles. The van der Waals surface area contributed by atoms with Gasteiger partial charge in [0.05, 0.1) is 17.1 Å². The summed E-state index contributed by atoms with van der Waals surface area (Å²) in [6.45, 7) is 0. The summed E-state index contributed by atoms with van der Waals surface area (Å²) < 4.78 is 22.6. The Bertz CT molecular complexity index is 570. The van der Waals surface area contributed by atoms with Crippen molar-refractivity contribution >= 4 is 21.6 Å². The number of primary amides is 1. The Kier molecular flexibility index (Phi) is 2.74. The Morgan fingerprint density at radius 3 is 2.65 bits per heavy atom. The number of hydrogen-bond acceptors (Lipinski definition) is 6. The number of nitrogens with two attached hydrogens (primary N) is 2. The van der Waals surface area contributed by atoms with Gasteiger partial charge in [-0.1, -0.05) is 0 Å². The molecule has 92 valence electrons. The highest BCUT2D eigenvalue weighted by Gasteiger charge is 2.31. The van der Waals surface area contributed by atoms with Crippen LogP contribution in [-0.2, 0) is 9.84 Å². The minimum absolute atomic E-state index is 0.00759. The van der Waals surface area contributed by atoms with E-state index in [0.717, 1.165) is 0 Å². The second-order valence-electron chi connectivity index (χ2n) is 3.99. The van der Waals surface area contributed by atoms with Crippen LogP contribution in [0.15, 0.2) is 6.20 Å². The molecule has 0 spiro atoms. The number of carbonyl (C=O) groups is 1. The molecule has 1 amide bonds. The van der Waals surface area contributed by atoms with Crippen LogP contribution in [0, 0.1) is 0 Å². The summed E-state index contributed by atoms with van der Waals surface area (Å²) in [7, 11) is -3.00. The number of hydrogen-bond donors (Lipinski definition) is 2. The van der Waals surface area contributed by atoms with E-state index < -0.39 is 15.7 Å². The van der Waals surface area contributed by atoms with E-state index >= 15 is 0 Å². The maximum Gasteiger partial charge on any atom is 0.254 e. The minimum Gasteiger partial charge on any atom is -0.383 e. The van der Waals surface area contributed by atoms with Crippen LogP contribution < -0.4 is 11.5 Å². The highest BCUT2D eigenvalue weighted by Crippen LogP contribution is 2.26. The predicted molar refractivity (Wildman–Crippen MR) is 61.0 cm³/mol. The predicted octanol–water partition coefficient (Wildman–Crippen LogP) is -0.940. The van der Waals surface area contributed by atoms with Crippen molar-refractivity contribution in [3.8, 4) is 0 Å². The van der Waals surface area contributed by atoms with Gasteiger partial charge in [-0.15, -0.1) is 0 Å². The fraction of sp³-hybridized carbons (Fsp3) is 0.444. The van der Waals surface area contributed by atoms with Crippen LogP contribution in [0.2, 0.25) is 0 Å². The van der Waals surface area contributed by atoms with Gasteiger partial charge in [0.25, 0.3) is 5.91 Å². The van der Waals surface area contributed by atoms with Crippen LogP contribution >= 0.6 is 0 Å². The zero-order valence-corrected chi connectivity index (χ0v) is 9.77. The van der Waals surface area contributed by atoms with Gasteiger partial charge in [-0.3, -0.25) is 4.79 Å². The van der Waals surface area contributed by atoms with Crippen LogP contribution in [0.4, 0.5) is 5.82 Å². The van der Waals surface area contributed by atoms with Gasteiger partial charge < -0.3 is 11.5 Å². The average Bonchev–Trinajstić information content (AvgIpc) is 2.58. The molecule has 1 fully saturated rings. The quantitative estimate of drug-likeness (QED) is 0.702. The van der Waals surface area contributed by atoms with E-state index in [1.54, 1.807) is 0 Å². The fourth-order valence-corrected chi connectivity index (χ4v) is 3.53. The van der Waals surface area contributed by atoms with Crippen molar-refractivity contribution < 1.29 is 13.2 Å². The second kappa shape index (κ2) is 3.95. The molecular weight excluding hydrogens is 244 g/mol. The summed E-state index contributed by atoms with van der Waals surface area (Å²) in [4.78, 5) is 18.8. The molecule has 1 unspecified atom stereocenters. The molecule has 0 aliphatic carbocycles. The van der Waals surface area contributed by atoms with Gasteiger partial charge in [0.2, 0.25) is 0 Å². The Hall–Kier alpha value is -1.70. The van der Waals surface area contributed by atoms with E-state index in [-0.39, 0.29) is 28.8 Å². The minimum atomic E-state index is -3.00. The lowest BCUT2D eigenvalue weighted by atomic mass is 10.1. The third-order valence-corrected chi connectivity index (χ3v) is 4.47. The number of carbonyl (C=O) groups excluding carboxylic acids is 1. The summed E-state index contributed by atoms with van der Waals surface area (Å²) in [5.41, 5.74) is 10.7. The van der Waals surface area contributed by atoms with E-state index in [2.05, 4.69) is 9.97 Å². The number of amides is 1. The van der Waals surface area contributed by atoms with Crippen molar-refractivity contribution in [2.75, 3.05) is 17.2 Å². The first-order valence-electron chi connectivity index (χ1n) is 5.02.